The fraction of sp³-hybridized carbons (Fsp3) is 0.308. The third-order valence-corrected chi connectivity index (χ3v) is 2.92. The molecule has 4 heteroatoms. The lowest BCUT2D eigenvalue weighted by atomic mass is 10.0. The summed E-state index contributed by atoms with van der Waals surface area (Å²) in [4.78, 5) is 0. The van der Waals surface area contributed by atoms with Gasteiger partial charge in [-0.1, -0.05) is 5.16 Å². The van der Waals surface area contributed by atoms with E-state index in [0.29, 0.717) is 12.3 Å². The monoisotopic (exact) mass is 232 g/mol. The van der Waals surface area contributed by atoms with E-state index in [4.69, 9.17) is 15.0 Å². The summed E-state index contributed by atoms with van der Waals surface area (Å²) < 4.78 is 10.6. The molecule has 0 saturated carbocycles. The van der Waals surface area contributed by atoms with Gasteiger partial charge in [-0.15, -0.1) is 0 Å². The Morgan fingerprint density at radius 3 is 2.65 bits per heavy atom. The summed E-state index contributed by atoms with van der Waals surface area (Å²) in [6.07, 6.45) is 1.64. The van der Waals surface area contributed by atoms with Gasteiger partial charge in [0, 0.05) is 12.1 Å². The van der Waals surface area contributed by atoms with Gasteiger partial charge in [0.15, 0.2) is 5.76 Å². The van der Waals surface area contributed by atoms with Crippen molar-refractivity contribution in [1.29, 1.82) is 0 Å². The summed E-state index contributed by atoms with van der Waals surface area (Å²) in [7, 11) is 1.64. The molecule has 0 aliphatic heterocycles. The van der Waals surface area contributed by atoms with Gasteiger partial charge in [0.1, 0.15) is 5.75 Å². The van der Waals surface area contributed by atoms with Gasteiger partial charge < -0.3 is 15.0 Å². The van der Waals surface area contributed by atoms with Gasteiger partial charge in [-0.05, 0) is 37.1 Å². The minimum Gasteiger partial charge on any atom is -0.496 e. The van der Waals surface area contributed by atoms with Crippen molar-refractivity contribution in [3.63, 3.8) is 0 Å². The highest BCUT2D eigenvalue weighted by molar-refractivity contribution is 5.70. The lowest BCUT2D eigenvalue weighted by Gasteiger charge is -2.10. The second-order valence-corrected chi connectivity index (χ2v) is 4.02. The molecule has 0 aliphatic rings. The number of rotatable bonds is 3. The first-order valence-electron chi connectivity index (χ1n) is 5.46. The minimum absolute atomic E-state index is 0.398. The van der Waals surface area contributed by atoms with Gasteiger partial charge in [-0.3, -0.25) is 0 Å². The fourth-order valence-corrected chi connectivity index (χ4v) is 1.76. The van der Waals surface area contributed by atoms with Crippen LogP contribution < -0.4 is 10.5 Å². The van der Waals surface area contributed by atoms with Crippen LogP contribution in [0.3, 0.4) is 0 Å². The van der Waals surface area contributed by atoms with E-state index in [-0.39, 0.29) is 0 Å². The molecule has 0 amide bonds. The van der Waals surface area contributed by atoms with Crippen LogP contribution in [0.25, 0.3) is 11.3 Å². The molecule has 2 rings (SSSR count). The molecule has 4 nitrogen and oxygen atoms in total. The summed E-state index contributed by atoms with van der Waals surface area (Å²) in [5, 5.41) is 3.79. The predicted octanol–water partition coefficient (Wildman–Crippen LogP) is 2.43. The highest BCUT2D eigenvalue weighted by atomic mass is 16.5. The number of hydrogen-bond acceptors (Lipinski definition) is 4. The summed E-state index contributed by atoms with van der Waals surface area (Å²) in [5.74, 6) is 1.46. The van der Waals surface area contributed by atoms with E-state index in [2.05, 4.69) is 12.1 Å². The Bertz CT molecular complexity index is 532. The Balaban J connectivity index is 2.62. The second kappa shape index (κ2) is 4.59. The molecule has 0 saturated heterocycles. The zero-order valence-electron chi connectivity index (χ0n) is 10.3. The number of aryl methyl sites for hydroxylation is 2. The van der Waals surface area contributed by atoms with Gasteiger partial charge in [-0.2, -0.15) is 0 Å². The quantitative estimate of drug-likeness (QED) is 0.882. The number of nitrogens with two attached hydrogens (primary N) is 1. The van der Waals surface area contributed by atoms with E-state index in [9.17, 15) is 0 Å². The molecule has 1 aromatic carbocycles. The summed E-state index contributed by atoms with van der Waals surface area (Å²) >= 11 is 0. The van der Waals surface area contributed by atoms with Crippen molar-refractivity contribution in [3.8, 4) is 17.1 Å². The average molecular weight is 232 g/mol. The van der Waals surface area contributed by atoms with E-state index in [1.165, 1.54) is 11.1 Å². The zero-order chi connectivity index (χ0) is 12.4. The third kappa shape index (κ3) is 2.03. The summed E-state index contributed by atoms with van der Waals surface area (Å²) in [6.45, 7) is 4.50. The molecule has 90 valence electrons. The third-order valence-electron chi connectivity index (χ3n) is 2.92. The van der Waals surface area contributed by atoms with E-state index in [0.717, 1.165) is 16.9 Å². The number of aromatic nitrogens is 1. The van der Waals surface area contributed by atoms with Gasteiger partial charge >= 0.3 is 0 Å². The first kappa shape index (κ1) is 11.7. The van der Waals surface area contributed by atoms with Crippen molar-refractivity contribution >= 4 is 0 Å². The zero-order valence-corrected chi connectivity index (χ0v) is 10.3. The molecular formula is C13H16N2O2. The number of ether oxygens (including phenoxy) is 1. The van der Waals surface area contributed by atoms with E-state index in [1.807, 2.05) is 19.1 Å². The first-order chi connectivity index (χ1) is 8.17. The highest BCUT2D eigenvalue weighted by Crippen LogP contribution is 2.34. The van der Waals surface area contributed by atoms with E-state index >= 15 is 0 Å². The number of methoxy groups -OCH3 is 1. The smallest absolute Gasteiger partial charge is 0.175 e. The number of benzene rings is 1. The molecule has 17 heavy (non-hydrogen) atoms. The van der Waals surface area contributed by atoms with Crippen molar-refractivity contribution in [1.82, 2.24) is 5.16 Å². The SMILES string of the molecule is COc1cc(C)c(C)cc1-c1oncc1CN. The van der Waals surface area contributed by atoms with Crippen LogP contribution in [-0.2, 0) is 6.54 Å². The predicted molar refractivity (Wildman–Crippen MR) is 65.9 cm³/mol. The second-order valence-electron chi connectivity index (χ2n) is 4.02. The molecular weight excluding hydrogens is 216 g/mol. The van der Waals surface area contributed by atoms with Crippen LogP contribution in [0.4, 0.5) is 0 Å². The van der Waals surface area contributed by atoms with Crippen molar-refractivity contribution in [3.05, 3.63) is 35.0 Å². The van der Waals surface area contributed by atoms with Crippen molar-refractivity contribution in [2.75, 3.05) is 7.11 Å². The normalized spacial score (nSPS) is 10.6. The highest BCUT2D eigenvalue weighted by Gasteiger charge is 2.15. The van der Waals surface area contributed by atoms with Gasteiger partial charge in [0.05, 0.1) is 18.9 Å². The van der Waals surface area contributed by atoms with Crippen LogP contribution in [-0.4, -0.2) is 12.3 Å². The van der Waals surface area contributed by atoms with Crippen molar-refractivity contribution < 1.29 is 9.26 Å². The number of hydrogen-bond donors (Lipinski definition) is 1. The van der Waals surface area contributed by atoms with Gasteiger partial charge in [-0.25, -0.2) is 0 Å². The summed E-state index contributed by atoms with van der Waals surface area (Å²) in [6, 6.07) is 4.03. The first-order valence-corrected chi connectivity index (χ1v) is 5.46. The Labute approximate surface area is 100 Å². The maximum Gasteiger partial charge on any atom is 0.175 e. The van der Waals surface area contributed by atoms with Gasteiger partial charge in [0.2, 0.25) is 0 Å². The maximum absolute atomic E-state index is 5.65. The molecule has 0 radical (unpaired) electrons. The van der Waals surface area contributed by atoms with Crippen molar-refractivity contribution in [2.24, 2.45) is 5.73 Å². The van der Waals surface area contributed by atoms with Crippen LogP contribution in [0.1, 0.15) is 16.7 Å². The molecule has 2 aromatic rings. The van der Waals surface area contributed by atoms with Crippen LogP contribution in [0.2, 0.25) is 0 Å². The molecule has 1 aromatic heterocycles. The lowest BCUT2D eigenvalue weighted by molar-refractivity contribution is 0.405. The molecule has 0 aliphatic carbocycles. The molecule has 2 N–H and O–H groups in total. The Morgan fingerprint density at radius 1 is 1.29 bits per heavy atom. The topological polar surface area (TPSA) is 61.3 Å². The maximum atomic E-state index is 5.65. The van der Waals surface area contributed by atoms with Crippen LogP contribution >= 0.6 is 0 Å². The van der Waals surface area contributed by atoms with Crippen molar-refractivity contribution in [2.45, 2.75) is 20.4 Å². The minimum atomic E-state index is 0.398. The molecule has 0 atom stereocenters. The Hall–Kier alpha value is -1.81. The molecule has 0 bridgehead atoms. The fourth-order valence-electron chi connectivity index (χ4n) is 1.76. The Morgan fingerprint density at radius 2 is 2.00 bits per heavy atom. The summed E-state index contributed by atoms with van der Waals surface area (Å²) in [5.41, 5.74) is 9.79. The average Bonchev–Trinajstić information content (AvgIpc) is 2.80. The van der Waals surface area contributed by atoms with Crippen LogP contribution in [0, 0.1) is 13.8 Å². The molecule has 0 fully saturated rings. The largest absolute Gasteiger partial charge is 0.496 e. The molecule has 0 unspecified atom stereocenters. The standard InChI is InChI=1S/C13H16N2O2/c1-8-4-11(12(16-3)5-9(8)2)13-10(6-14)7-15-17-13/h4-5,7H,6,14H2,1-3H3. The lowest BCUT2D eigenvalue weighted by Crippen LogP contribution is -1.98. The van der Waals surface area contributed by atoms with Crippen LogP contribution in [0.15, 0.2) is 22.9 Å². The molecule has 0 spiro atoms. The van der Waals surface area contributed by atoms with E-state index < -0.39 is 0 Å². The number of nitrogens with zero attached hydrogens (tertiary/aromatic N) is 1. The Kier molecular flexibility index (Phi) is 3.15. The molecule has 1 heterocycles. The van der Waals surface area contributed by atoms with Crippen LogP contribution in [0.5, 0.6) is 5.75 Å². The van der Waals surface area contributed by atoms with Gasteiger partial charge in [0.25, 0.3) is 0 Å². The van der Waals surface area contributed by atoms with E-state index in [1.54, 1.807) is 13.3 Å².